The molecular weight excluding hydrogens is 328 g/mol. The summed E-state index contributed by atoms with van der Waals surface area (Å²) in [6.45, 7) is 7.25. The molecule has 6 nitrogen and oxygen atoms in total. The van der Waals surface area contributed by atoms with Crippen molar-refractivity contribution in [2.24, 2.45) is 4.99 Å². The van der Waals surface area contributed by atoms with Gasteiger partial charge in [-0.1, -0.05) is 24.6 Å². The number of benzene rings is 1. The average molecular weight is 363 g/mol. The summed E-state index contributed by atoms with van der Waals surface area (Å²) >= 11 is 0. The molecule has 1 heterocycles. The fourth-order valence-corrected chi connectivity index (χ4v) is 3.37. The number of ether oxygens (including phenoxy) is 2. The van der Waals surface area contributed by atoms with Crippen LogP contribution in [0.15, 0.2) is 29.3 Å². The predicted molar refractivity (Wildman–Crippen MR) is 107 cm³/mol. The number of hydrogen-bond acceptors (Lipinski definition) is 4. The monoisotopic (exact) mass is 362 g/mol. The molecule has 146 valence electrons. The number of nitrogens with one attached hydrogen (secondary N) is 2. The molecule has 0 radical (unpaired) electrons. The van der Waals surface area contributed by atoms with Gasteiger partial charge in [-0.3, -0.25) is 9.89 Å². The minimum atomic E-state index is 0.226. The maximum atomic E-state index is 5.63. The molecule has 1 aromatic carbocycles. The lowest BCUT2D eigenvalue weighted by Gasteiger charge is -2.34. The summed E-state index contributed by atoms with van der Waals surface area (Å²) in [6, 6.07) is 8.54. The molecule has 1 aromatic rings. The number of para-hydroxylation sites is 1. The topological polar surface area (TPSA) is 58.1 Å². The van der Waals surface area contributed by atoms with Gasteiger partial charge >= 0.3 is 0 Å². The summed E-state index contributed by atoms with van der Waals surface area (Å²) in [5, 5.41) is 6.64. The first-order valence-corrected chi connectivity index (χ1v) is 9.68. The number of guanidine groups is 1. The number of hydrogen-bond donors (Lipinski definition) is 2. The quantitative estimate of drug-likeness (QED) is 0.401. The Hall–Kier alpha value is -1.79. The SMILES string of the molecule is CCNC(=NCC(c1ccccc1OC)N1CCCCC1)NCCOC. The van der Waals surface area contributed by atoms with Gasteiger partial charge in [0.15, 0.2) is 5.96 Å². The Labute approximate surface area is 158 Å². The van der Waals surface area contributed by atoms with Crippen LogP contribution in [0, 0.1) is 0 Å². The minimum absolute atomic E-state index is 0.226. The van der Waals surface area contributed by atoms with Crippen molar-refractivity contribution in [2.75, 3.05) is 53.6 Å². The van der Waals surface area contributed by atoms with Crippen molar-refractivity contribution in [3.05, 3.63) is 29.8 Å². The molecule has 0 saturated carbocycles. The Morgan fingerprint density at radius 2 is 1.92 bits per heavy atom. The van der Waals surface area contributed by atoms with Gasteiger partial charge in [0, 0.05) is 25.8 Å². The van der Waals surface area contributed by atoms with Crippen molar-refractivity contribution in [2.45, 2.75) is 32.2 Å². The Bertz CT molecular complexity index is 544. The van der Waals surface area contributed by atoms with Gasteiger partial charge in [-0.05, 0) is 38.9 Å². The van der Waals surface area contributed by atoms with Crippen molar-refractivity contribution < 1.29 is 9.47 Å². The van der Waals surface area contributed by atoms with E-state index in [9.17, 15) is 0 Å². The lowest BCUT2D eigenvalue weighted by molar-refractivity contribution is 0.165. The van der Waals surface area contributed by atoms with E-state index in [0.29, 0.717) is 13.2 Å². The number of nitrogens with zero attached hydrogens (tertiary/aromatic N) is 2. The molecule has 26 heavy (non-hydrogen) atoms. The van der Waals surface area contributed by atoms with Crippen LogP contribution in [-0.4, -0.2) is 64.4 Å². The maximum Gasteiger partial charge on any atom is 0.191 e. The Balaban J connectivity index is 2.18. The van der Waals surface area contributed by atoms with E-state index in [4.69, 9.17) is 14.5 Å². The zero-order valence-electron chi connectivity index (χ0n) is 16.5. The highest BCUT2D eigenvalue weighted by Gasteiger charge is 2.24. The smallest absolute Gasteiger partial charge is 0.191 e. The zero-order valence-corrected chi connectivity index (χ0v) is 16.5. The molecule has 0 amide bonds. The van der Waals surface area contributed by atoms with Crippen LogP contribution in [0.3, 0.4) is 0 Å². The van der Waals surface area contributed by atoms with Gasteiger partial charge in [-0.25, -0.2) is 0 Å². The molecule has 2 N–H and O–H groups in total. The van der Waals surface area contributed by atoms with Crippen LogP contribution in [0.1, 0.15) is 37.8 Å². The van der Waals surface area contributed by atoms with Crippen LogP contribution in [0.25, 0.3) is 0 Å². The lowest BCUT2D eigenvalue weighted by atomic mass is 10.0. The second-order valence-corrected chi connectivity index (χ2v) is 6.49. The van der Waals surface area contributed by atoms with E-state index in [1.807, 2.05) is 12.1 Å². The molecule has 0 aliphatic carbocycles. The Kier molecular flexibility index (Phi) is 9.28. The molecule has 0 bridgehead atoms. The van der Waals surface area contributed by atoms with Gasteiger partial charge in [-0.15, -0.1) is 0 Å². The predicted octanol–water partition coefficient (Wildman–Crippen LogP) is 2.42. The summed E-state index contributed by atoms with van der Waals surface area (Å²) in [7, 11) is 3.45. The number of rotatable bonds is 9. The highest BCUT2D eigenvalue weighted by Crippen LogP contribution is 2.31. The van der Waals surface area contributed by atoms with E-state index in [0.717, 1.165) is 37.9 Å². The number of piperidine rings is 1. The molecule has 1 aliphatic heterocycles. The molecule has 2 rings (SSSR count). The normalized spacial score (nSPS) is 17.0. The lowest BCUT2D eigenvalue weighted by Crippen LogP contribution is -2.40. The second kappa shape index (κ2) is 11.8. The third-order valence-electron chi connectivity index (χ3n) is 4.69. The first-order chi connectivity index (χ1) is 12.8. The summed E-state index contributed by atoms with van der Waals surface area (Å²) in [4.78, 5) is 7.40. The van der Waals surface area contributed by atoms with Gasteiger partial charge < -0.3 is 20.1 Å². The molecule has 1 aliphatic rings. The summed E-state index contributed by atoms with van der Waals surface area (Å²) < 4.78 is 10.7. The Morgan fingerprint density at radius 3 is 2.62 bits per heavy atom. The number of likely N-dealkylation sites (tertiary alicyclic amines) is 1. The van der Waals surface area contributed by atoms with Crippen LogP contribution in [0.2, 0.25) is 0 Å². The van der Waals surface area contributed by atoms with Gasteiger partial charge in [0.25, 0.3) is 0 Å². The highest BCUT2D eigenvalue weighted by atomic mass is 16.5. The van der Waals surface area contributed by atoms with Crippen LogP contribution in [-0.2, 0) is 4.74 Å². The minimum Gasteiger partial charge on any atom is -0.496 e. The average Bonchev–Trinajstić information content (AvgIpc) is 2.69. The van der Waals surface area contributed by atoms with Gasteiger partial charge in [-0.2, -0.15) is 0 Å². The Morgan fingerprint density at radius 1 is 1.15 bits per heavy atom. The summed E-state index contributed by atoms with van der Waals surface area (Å²) in [5.74, 6) is 1.78. The van der Waals surface area contributed by atoms with Crippen molar-refractivity contribution in [1.29, 1.82) is 0 Å². The molecule has 6 heteroatoms. The largest absolute Gasteiger partial charge is 0.496 e. The molecule has 0 aromatic heterocycles. The van der Waals surface area contributed by atoms with Crippen molar-refractivity contribution in [3.63, 3.8) is 0 Å². The van der Waals surface area contributed by atoms with Crippen molar-refractivity contribution >= 4 is 5.96 Å². The first kappa shape index (κ1) is 20.5. The standard InChI is InChI=1S/C20H34N4O2/c1-4-21-20(22-12-15-25-2)23-16-18(24-13-8-5-9-14-24)17-10-6-7-11-19(17)26-3/h6-7,10-11,18H,4-5,8-9,12-16H2,1-3H3,(H2,21,22,23). The fraction of sp³-hybridized carbons (Fsp3) is 0.650. The van der Waals surface area contributed by atoms with Crippen molar-refractivity contribution in [1.82, 2.24) is 15.5 Å². The first-order valence-electron chi connectivity index (χ1n) is 9.68. The molecule has 1 fully saturated rings. The third kappa shape index (κ3) is 6.18. The van der Waals surface area contributed by atoms with E-state index in [1.165, 1.54) is 24.8 Å². The van der Waals surface area contributed by atoms with Crippen LogP contribution in [0.4, 0.5) is 0 Å². The van der Waals surface area contributed by atoms with Gasteiger partial charge in [0.1, 0.15) is 5.75 Å². The fourth-order valence-electron chi connectivity index (χ4n) is 3.37. The number of methoxy groups -OCH3 is 2. The van der Waals surface area contributed by atoms with E-state index >= 15 is 0 Å². The molecule has 1 saturated heterocycles. The molecule has 0 spiro atoms. The maximum absolute atomic E-state index is 5.63. The molecule has 1 unspecified atom stereocenters. The van der Waals surface area contributed by atoms with E-state index in [-0.39, 0.29) is 6.04 Å². The van der Waals surface area contributed by atoms with Crippen LogP contribution >= 0.6 is 0 Å². The highest BCUT2D eigenvalue weighted by molar-refractivity contribution is 5.79. The van der Waals surface area contributed by atoms with Crippen molar-refractivity contribution in [3.8, 4) is 5.75 Å². The van der Waals surface area contributed by atoms with E-state index < -0.39 is 0 Å². The van der Waals surface area contributed by atoms with E-state index in [2.05, 4.69) is 34.6 Å². The molecular formula is C20H34N4O2. The van der Waals surface area contributed by atoms with Gasteiger partial charge in [0.2, 0.25) is 0 Å². The van der Waals surface area contributed by atoms with Crippen LogP contribution < -0.4 is 15.4 Å². The zero-order chi connectivity index (χ0) is 18.6. The second-order valence-electron chi connectivity index (χ2n) is 6.49. The summed E-state index contributed by atoms with van der Waals surface area (Å²) in [6.07, 6.45) is 3.82. The van der Waals surface area contributed by atoms with Gasteiger partial charge in [0.05, 0.1) is 26.3 Å². The molecule has 1 atom stereocenters. The third-order valence-corrected chi connectivity index (χ3v) is 4.69. The van der Waals surface area contributed by atoms with E-state index in [1.54, 1.807) is 14.2 Å². The van der Waals surface area contributed by atoms with Crippen LogP contribution in [0.5, 0.6) is 5.75 Å². The summed E-state index contributed by atoms with van der Waals surface area (Å²) in [5.41, 5.74) is 1.22. The number of aliphatic imine (C=N–C) groups is 1.